The highest BCUT2D eigenvalue weighted by Crippen LogP contribution is 2.18. The quantitative estimate of drug-likeness (QED) is 0.868. The number of nitrogens with one attached hydrogen (secondary N) is 1. The van der Waals surface area contributed by atoms with E-state index >= 15 is 0 Å². The summed E-state index contributed by atoms with van der Waals surface area (Å²) in [4.78, 5) is 0. The largest absolute Gasteiger partial charge is 0.361 e. The Labute approximate surface area is 90.0 Å². The molecule has 14 heavy (non-hydrogen) atoms. The summed E-state index contributed by atoms with van der Waals surface area (Å²) in [5.74, 6) is 0.613. The van der Waals surface area contributed by atoms with Gasteiger partial charge in [0.2, 0.25) is 0 Å². The highest BCUT2D eigenvalue weighted by Gasteiger charge is 2.04. The van der Waals surface area contributed by atoms with E-state index in [1.165, 1.54) is 0 Å². The molecule has 0 radical (unpaired) electrons. The molecule has 2 aromatic rings. The number of hydrogen-bond donors (Lipinski definition) is 1. The van der Waals surface area contributed by atoms with E-state index in [0.29, 0.717) is 17.5 Å². The fourth-order valence-corrected chi connectivity index (χ4v) is 1.70. The zero-order valence-electron chi connectivity index (χ0n) is 7.44. The molecule has 0 atom stereocenters. The van der Waals surface area contributed by atoms with Crippen LogP contribution in [0.3, 0.4) is 0 Å². The van der Waals surface area contributed by atoms with Crippen molar-refractivity contribution in [2.45, 2.75) is 6.54 Å². The van der Waals surface area contributed by atoms with E-state index in [1.807, 2.05) is 19.3 Å². The highest BCUT2D eigenvalue weighted by atomic mass is 35.5. The van der Waals surface area contributed by atoms with E-state index in [9.17, 15) is 0 Å². The molecule has 5 nitrogen and oxygen atoms in total. The fourth-order valence-electron chi connectivity index (χ4n) is 1.01. The minimum atomic E-state index is 0.408. The molecule has 0 spiro atoms. The SMILES string of the molecule is Cn1ccc(CNc2nsnc2Cl)n1. The number of aromatic nitrogens is 4. The third-order valence-corrected chi connectivity index (χ3v) is 2.55. The Morgan fingerprint density at radius 1 is 1.57 bits per heavy atom. The zero-order chi connectivity index (χ0) is 9.97. The van der Waals surface area contributed by atoms with E-state index in [0.717, 1.165) is 17.4 Å². The minimum absolute atomic E-state index is 0.408. The van der Waals surface area contributed by atoms with Crippen LogP contribution in [0, 0.1) is 0 Å². The Bertz CT molecular complexity index is 423. The first-order valence-corrected chi connectivity index (χ1v) is 5.07. The van der Waals surface area contributed by atoms with Crippen molar-refractivity contribution in [2.75, 3.05) is 5.32 Å². The van der Waals surface area contributed by atoms with E-state index in [-0.39, 0.29) is 0 Å². The summed E-state index contributed by atoms with van der Waals surface area (Å²) >= 11 is 6.85. The normalized spacial score (nSPS) is 10.4. The van der Waals surface area contributed by atoms with Gasteiger partial charge in [-0.15, -0.1) is 0 Å². The van der Waals surface area contributed by atoms with Crippen molar-refractivity contribution in [2.24, 2.45) is 7.05 Å². The summed E-state index contributed by atoms with van der Waals surface area (Å²) in [6, 6.07) is 1.93. The van der Waals surface area contributed by atoms with Crippen LogP contribution in [-0.4, -0.2) is 18.5 Å². The lowest BCUT2D eigenvalue weighted by molar-refractivity contribution is 0.747. The first-order chi connectivity index (χ1) is 6.75. The molecule has 0 fully saturated rings. The molecule has 0 amide bonds. The molecule has 0 bridgehead atoms. The van der Waals surface area contributed by atoms with Gasteiger partial charge in [-0.3, -0.25) is 4.68 Å². The van der Waals surface area contributed by atoms with Gasteiger partial charge in [-0.1, -0.05) is 11.6 Å². The van der Waals surface area contributed by atoms with Gasteiger partial charge in [0.25, 0.3) is 0 Å². The Kier molecular flexibility index (Phi) is 2.64. The lowest BCUT2D eigenvalue weighted by Crippen LogP contribution is -2.01. The molecular weight excluding hydrogens is 222 g/mol. The molecule has 0 saturated heterocycles. The van der Waals surface area contributed by atoms with E-state index < -0.39 is 0 Å². The summed E-state index contributed by atoms with van der Waals surface area (Å²) in [7, 11) is 1.88. The highest BCUT2D eigenvalue weighted by molar-refractivity contribution is 6.99. The van der Waals surface area contributed by atoms with Gasteiger partial charge in [-0.25, -0.2) is 0 Å². The third kappa shape index (κ3) is 2.02. The van der Waals surface area contributed by atoms with E-state index in [2.05, 4.69) is 19.2 Å². The lowest BCUT2D eigenvalue weighted by atomic mass is 10.4. The molecule has 0 unspecified atom stereocenters. The Morgan fingerprint density at radius 2 is 2.43 bits per heavy atom. The Hall–Kier alpha value is -1.14. The Morgan fingerprint density at radius 3 is 3.00 bits per heavy atom. The molecule has 2 rings (SSSR count). The van der Waals surface area contributed by atoms with Gasteiger partial charge in [0.1, 0.15) is 0 Å². The smallest absolute Gasteiger partial charge is 0.186 e. The number of rotatable bonds is 3. The molecular formula is C7H8ClN5S. The Balaban J connectivity index is 1.98. The van der Waals surface area contributed by atoms with E-state index in [1.54, 1.807) is 4.68 Å². The predicted octanol–water partition coefficient (Wildman–Crippen LogP) is 1.54. The zero-order valence-corrected chi connectivity index (χ0v) is 9.01. The molecule has 2 heterocycles. The van der Waals surface area contributed by atoms with Crippen LogP contribution < -0.4 is 5.32 Å². The first-order valence-electron chi connectivity index (χ1n) is 3.96. The van der Waals surface area contributed by atoms with Gasteiger partial charge in [0, 0.05) is 13.2 Å². The lowest BCUT2D eigenvalue weighted by Gasteiger charge is -1.98. The van der Waals surface area contributed by atoms with Gasteiger partial charge in [0.05, 0.1) is 24.0 Å². The van der Waals surface area contributed by atoms with Crippen LogP contribution in [0.1, 0.15) is 5.69 Å². The molecule has 0 aromatic carbocycles. The molecule has 74 valence electrons. The maximum Gasteiger partial charge on any atom is 0.186 e. The van der Waals surface area contributed by atoms with Crippen LogP contribution in [0.5, 0.6) is 0 Å². The maximum atomic E-state index is 5.76. The monoisotopic (exact) mass is 229 g/mol. The number of nitrogens with zero attached hydrogens (tertiary/aromatic N) is 4. The molecule has 7 heteroatoms. The average molecular weight is 230 g/mol. The molecule has 1 N–H and O–H groups in total. The van der Waals surface area contributed by atoms with Crippen molar-refractivity contribution in [1.82, 2.24) is 18.5 Å². The van der Waals surface area contributed by atoms with Crippen molar-refractivity contribution in [3.8, 4) is 0 Å². The summed E-state index contributed by atoms with van der Waals surface area (Å²) < 4.78 is 9.58. The fraction of sp³-hybridized carbons (Fsp3) is 0.286. The van der Waals surface area contributed by atoms with Crippen molar-refractivity contribution in [3.63, 3.8) is 0 Å². The van der Waals surface area contributed by atoms with Gasteiger partial charge in [-0.2, -0.15) is 13.8 Å². The topological polar surface area (TPSA) is 55.6 Å². The molecule has 2 aromatic heterocycles. The second kappa shape index (κ2) is 3.93. The average Bonchev–Trinajstić information content (AvgIpc) is 2.72. The van der Waals surface area contributed by atoms with Gasteiger partial charge in [0.15, 0.2) is 11.0 Å². The van der Waals surface area contributed by atoms with E-state index in [4.69, 9.17) is 11.6 Å². The van der Waals surface area contributed by atoms with Crippen LogP contribution >= 0.6 is 23.3 Å². The van der Waals surface area contributed by atoms with Crippen LogP contribution in [0.4, 0.5) is 5.82 Å². The van der Waals surface area contributed by atoms with Crippen LogP contribution in [0.15, 0.2) is 12.3 Å². The molecule has 0 saturated carbocycles. The standard InChI is InChI=1S/C7H8ClN5S/c1-13-3-2-5(10-13)4-9-7-6(8)11-14-12-7/h2-3H,4H2,1H3,(H,9,12). The predicted molar refractivity (Wildman–Crippen MR) is 55.5 cm³/mol. The summed E-state index contributed by atoms with van der Waals surface area (Å²) in [6.07, 6.45) is 1.89. The molecule has 0 aliphatic carbocycles. The summed E-state index contributed by atoms with van der Waals surface area (Å²) in [5.41, 5.74) is 0.941. The number of halogens is 1. The second-order valence-corrected chi connectivity index (χ2v) is 3.62. The third-order valence-electron chi connectivity index (χ3n) is 1.65. The minimum Gasteiger partial charge on any atom is -0.361 e. The van der Waals surface area contributed by atoms with Gasteiger partial charge >= 0.3 is 0 Å². The van der Waals surface area contributed by atoms with Gasteiger partial charge in [-0.05, 0) is 6.07 Å². The molecule has 0 aliphatic rings. The number of aryl methyl sites for hydroxylation is 1. The summed E-state index contributed by atoms with van der Waals surface area (Å²) in [6.45, 7) is 0.603. The second-order valence-electron chi connectivity index (χ2n) is 2.74. The maximum absolute atomic E-state index is 5.76. The van der Waals surface area contributed by atoms with Crippen LogP contribution in [0.2, 0.25) is 5.15 Å². The number of anilines is 1. The van der Waals surface area contributed by atoms with Crippen molar-refractivity contribution in [1.29, 1.82) is 0 Å². The van der Waals surface area contributed by atoms with Crippen LogP contribution in [0.25, 0.3) is 0 Å². The van der Waals surface area contributed by atoms with Gasteiger partial charge < -0.3 is 5.32 Å². The number of hydrogen-bond acceptors (Lipinski definition) is 5. The summed E-state index contributed by atoms with van der Waals surface area (Å²) in [5, 5.41) is 7.67. The van der Waals surface area contributed by atoms with Crippen molar-refractivity contribution < 1.29 is 0 Å². The van der Waals surface area contributed by atoms with Crippen LogP contribution in [-0.2, 0) is 13.6 Å². The van der Waals surface area contributed by atoms with Crippen molar-refractivity contribution >= 4 is 29.1 Å². The molecule has 0 aliphatic heterocycles. The van der Waals surface area contributed by atoms with Crippen molar-refractivity contribution in [3.05, 3.63) is 23.1 Å². The first kappa shape index (κ1) is 9.42.